The van der Waals surface area contributed by atoms with E-state index in [0.29, 0.717) is 52.9 Å². The van der Waals surface area contributed by atoms with Gasteiger partial charge in [0.15, 0.2) is 5.82 Å². The number of hydrogen-bond acceptors (Lipinski definition) is 7. The molecule has 3 heterocycles. The summed E-state index contributed by atoms with van der Waals surface area (Å²) in [5.74, 6) is -0.510. The fourth-order valence-electron chi connectivity index (χ4n) is 5.34. The Morgan fingerprint density at radius 3 is 2.60 bits per heavy atom. The van der Waals surface area contributed by atoms with Gasteiger partial charge in [-0.3, -0.25) is 14.8 Å². The van der Waals surface area contributed by atoms with Crippen molar-refractivity contribution in [3.8, 4) is 5.75 Å². The van der Waals surface area contributed by atoms with Crippen LogP contribution in [0.5, 0.6) is 5.75 Å². The Labute approximate surface area is 247 Å². The molecule has 2 saturated heterocycles. The first-order valence-corrected chi connectivity index (χ1v) is 15.1. The lowest BCUT2D eigenvalue weighted by atomic mass is 10.1. The summed E-state index contributed by atoms with van der Waals surface area (Å²) in [6, 6.07) is 14.6. The third kappa shape index (κ3) is 7.03. The molecule has 3 aromatic carbocycles. The van der Waals surface area contributed by atoms with Crippen molar-refractivity contribution in [3.05, 3.63) is 71.8 Å². The van der Waals surface area contributed by atoms with Gasteiger partial charge in [0.1, 0.15) is 24.0 Å². The van der Waals surface area contributed by atoms with E-state index in [-0.39, 0.29) is 11.9 Å². The van der Waals surface area contributed by atoms with E-state index < -0.39 is 11.6 Å². The molecule has 6 rings (SSSR count). The molecular weight excluding hydrogens is 560 g/mol. The van der Waals surface area contributed by atoms with E-state index in [1.807, 2.05) is 30.3 Å². The van der Waals surface area contributed by atoms with Crippen LogP contribution in [0.2, 0.25) is 0 Å². The molecule has 0 spiro atoms. The lowest BCUT2D eigenvalue weighted by molar-refractivity contribution is 0.0904. The summed E-state index contributed by atoms with van der Waals surface area (Å²) in [6.07, 6.45) is 4.17. The molecule has 8 nitrogen and oxygen atoms in total. The lowest BCUT2D eigenvalue weighted by Gasteiger charge is -2.25. The Kier molecular flexibility index (Phi) is 8.87. The van der Waals surface area contributed by atoms with Gasteiger partial charge in [-0.05, 0) is 81.2 Å². The first-order valence-electron chi connectivity index (χ1n) is 14.3. The lowest BCUT2D eigenvalue weighted by Crippen LogP contribution is -2.29. The summed E-state index contributed by atoms with van der Waals surface area (Å²) < 4.78 is 39.0. The third-order valence-corrected chi connectivity index (χ3v) is 8.49. The average molecular weight is 594 g/mol. The summed E-state index contributed by atoms with van der Waals surface area (Å²) >= 11 is 1.22. The van der Waals surface area contributed by atoms with Crippen LogP contribution in [0.15, 0.2) is 64.4 Å². The van der Waals surface area contributed by atoms with Crippen LogP contribution in [0, 0.1) is 11.6 Å². The number of hydrogen-bond donors (Lipinski definition) is 3. The number of H-pyrrole nitrogens is 1. The molecule has 4 aromatic rings. The second kappa shape index (κ2) is 13.1. The minimum Gasteiger partial charge on any atom is -0.492 e. The summed E-state index contributed by atoms with van der Waals surface area (Å²) in [5.41, 5.74) is 1.90. The molecule has 2 fully saturated rings. The fourth-order valence-corrected chi connectivity index (χ4v) is 6.27. The number of nitrogens with zero attached hydrogens (tertiary/aromatic N) is 2. The molecule has 3 N–H and O–H groups in total. The zero-order valence-electron chi connectivity index (χ0n) is 23.1. The van der Waals surface area contributed by atoms with E-state index in [1.54, 1.807) is 6.07 Å². The number of aromatic nitrogens is 2. The summed E-state index contributed by atoms with van der Waals surface area (Å²) in [5, 5.41) is 14.4. The second-order valence-corrected chi connectivity index (χ2v) is 11.7. The maximum absolute atomic E-state index is 13.7. The zero-order valence-corrected chi connectivity index (χ0v) is 23.9. The Morgan fingerprint density at radius 2 is 1.81 bits per heavy atom. The highest BCUT2D eigenvalue weighted by molar-refractivity contribution is 7.99. The first kappa shape index (κ1) is 28.4. The number of benzene rings is 3. The first-order chi connectivity index (χ1) is 20.5. The van der Waals surface area contributed by atoms with Gasteiger partial charge < -0.3 is 20.1 Å². The molecule has 0 aliphatic carbocycles. The van der Waals surface area contributed by atoms with Gasteiger partial charge in [0.25, 0.3) is 5.91 Å². The smallest absolute Gasteiger partial charge is 0.258 e. The monoisotopic (exact) mass is 593 g/mol. The number of rotatable bonds is 10. The predicted octanol–water partition coefficient (Wildman–Crippen LogP) is 6.31. The minimum atomic E-state index is -0.636. The zero-order chi connectivity index (χ0) is 28.9. The quantitative estimate of drug-likeness (QED) is 0.199. The van der Waals surface area contributed by atoms with E-state index in [0.717, 1.165) is 49.0 Å². The van der Waals surface area contributed by atoms with Crippen LogP contribution in [0.3, 0.4) is 0 Å². The Hall–Kier alpha value is -3.67. The number of aromatic amines is 1. The number of carbonyl (C=O) groups is 1. The summed E-state index contributed by atoms with van der Waals surface area (Å²) in [4.78, 5) is 17.2. The molecule has 2 aliphatic heterocycles. The molecule has 0 atom stereocenters. The highest BCUT2D eigenvalue weighted by atomic mass is 32.2. The molecule has 1 aromatic heterocycles. The van der Waals surface area contributed by atoms with Crippen molar-refractivity contribution in [1.29, 1.82) is 0 Å². The minimum absolute atomic E-state index is 0.184. The molecule has 2 aliphatic rings. The topological polar surface area (TPSA) is 91.5 Å². The average Bonchev–Trinajstić information content (AvgIpc) is 3.63. The normalized spacial score (nSPS) is 16.1. The molecule has 0 saturated carbocycles. The SMILES string of the molecule is O=C(Nc1n[nH]c2ccc(Sc3cc(F)cc(F)c3)cc12)c1ccc(OCCN2CCCC2)cc1NC1CCOCC1. The summed E-state index contributed by atoms with van der Waals surface area (Å²) in [7, 11) is 0. The van der Waals surface area contributed by atoms with Gasteiger partial charge in [0.2, 0.25) is 0 Å². The molecular formula is C31H33F2N5O3S. The van der Waals surface area contributed by atoms with Crippen molar-refractivity contribution < 1.29 is 23.0 Å². The molecule has 1 amide bonds. The van der Waals surface area contributed by atoms with Crippen molar-refractivity contribution in [3.63, 3.8) is 0 Å². The maximum Gasteiger partial charge on any atom is 0.258 e. The van der Waals surface area contributed by atoms with Crippen LogP contribution in [0.4, 0.5) is 20.3 Å². The van der Waals surface area contributed by atoms with E-state index in [9.17, 15) is 13.6 Å². The van der Waals surface area contributed by atoms with E-state index >= 15 is 0 Å². The van der Waals surface area contributed by atoms with Gasteiger partial charge in [0, 0.05) is 53.1 Å². The number of nitrogens with one attached hydrogen (secondary N) is 3. The number of halogens is 2. The number of anilines is 2. The Balaban J connectivity index is 1.20. The van der Waals surface area contributed by atoms with Crippen molar-refractivity contribution in [2.45, 2.75) is 41.5 Å². The highest BCUT2D eigenvalue weighted by Gasteiger charge is 2.20. The van der Waals surface area contributed by atoms with E-state index in [1.165, 1.54) is 36.7 Å². The van der Waals surface area contributed by atoms with Crippen molar-refractivity contribution in [1.82, 2.24) is 15.1 Å². The highest BCUT2D eigenvalue weighted by Crippen LogP contribution is 2.33. The van der Waals surface area contributed by atoms with E-state index in [2.05, 4.69) is 25.7 Å². The van der Waals surface area contributed by atoms with Gasteiger partial charge in [-0.15, -0.1) is 0 Å². The van der Waals surface area contributed by atoms with Crippen LogP contribution in [0.25, 0.3) is 10.9 Å². The Bertz CT molecular complexity index is 1530. The molecule has 0 unspecified atom stereocenters. The second-order valence-electron chi connectivity index (χ2n) is 10.6. The van der Waals surface area contributed by atoms with Gasteiger partial charge in [-0.1, -0.05) is 11.8 Å². The maximum atomic E-state index is 13.7. The van der Waals surface area contributed by atoms with Gasteiger partial charge in [-0.2, -0.15) is 5.10 Å². The van der Waals surface area contributed by atoms with Gasteiger partial charge >= 0.3 is 0 Å². The van der Waals surface area contributed by atoms with Crippen LogP contribution in [-0.4, -0.2) is 66.5 Å². The van der Waals surface area contributed by atoms with Crippen molar-refractivity contribution in [2.24, 2.45) is 0 Å². The third-order valence-electron chi connectivity index (χ3n) is 7.53. The van der Waals surface area contributed by atoms with E-state index in [4.69, 9.17) is 9.47 Å². The number of carbonyl (C=O) groups excluding carboxylic acids is 1. The number of amides is 1. The number of fused-ring (bicyclic) bond motifs is 1. The van der Waals surface area contributed by atoms with Crippen LogP contribution >= 0.6 is 11.8 Å². The largest absolute Gasteiger partial charge is 0.492 e. The van der Waals surface area contributed by atoms with Crippen molar-refractivity contribution >= 4 is 40.1 Å². The number of ether oxygens (including phenoxy) is 2. The number of likely N-dealkylation sites (tertiary alicyclic amines) is 1. The molecule has 220 valence electrons. The van der Waals surface area contributed by atoms with Gasteiger partial charge in [0.05, 0.1) is 16.8 Å². The summed E-state index contributed by atoms with van der Waals surface area (Å²) in [6.45, 7) is 5.05. The van der Waals surface area contributed by atoms with Crippen LogP contribution < -0.4 is 15.4 Å². The molecule has 0 radical (unpaired) electrons. The molecule has 11 heteroatoms. The van der Waals surface area contributed by atoms with Crippen molar-refractivity contribution in [2.75, 3.05) is 50.1 Å². The predicted molar refractivity (Wildman–Crippen MR) is 160 cm³/mol. The van der Waals surface area contributed by atoms with Crippen LogP contribution in [0.1, 0.15) is 36.0 Å². The standard InChI is InChI=1S/C31H33F2N5O3S/c32-20-15-21(33)17-25(16-20)42-24-4-6-28-27(19-24)30(37-36-28)35-31(39)26-5-3-23(41-14-11-38-9-1-2-10-38)18-29(26)34-22-7-12-40-13-8-22/h3-6,15-19,22,34H,1-2,7-14H2,(H2,35,36,37,39). The van der Waals surface area contributed by atoms with Gasteiger partial charge in [-0.25, -0.2) is 8.78 Å². The molecule has 42 heavy (non-hydrogen) atoms. The molecule has 0 bridgehead atoms. The van der Waals surface area contributed by atoms with Crippen LogP contribution in [-0.2, 0) is 4.74 Å². The Morgan fingerprint density at radius 1 is 1.02 bits per heavy atom. The fraction of sp³-hybridized carbons (Fsp3) is 0.355.